The van der Waals surface area contributed by atoms with Crippen LogP contribution in [0.1, 0.15) is 11.1 Å². The summed E-state index contributed by atoms with van der Waals surface area (Å²) in [4.78, 5) is 11.5. The van der Waals surface area contributed by atoms with E-state index in [4.69, 9.17) is 14.2 Å². The van der Waals surface area contributed by atoms with Crippen molar-refractivity contribution in [3.8, 4) is 11.5 Å². The highest BCUT2D eigenvalue weighted by Crippen LogP contribution is 2.29. The van der Waals surface area contributed by atoms with E-state index < -0.39 is 5.97 Å². The lowest BCUT2D eigenvalue weighted by molar-refractivity contribution is -0.136. The van der Waals surface area contributed by atoms with Crippen molar-refractivity contribution in [3.05, 3.63) is 78.1 Å². The van der Waals surface area contributed by atoms with Crippen LogP contribution in [0, 0.1) is 5.82 Å². The molecular formula is C20H19FO4. The Morgan fingerprint density at radius 2 is 1.92 bits per heavy atom. The lowest BCUT2D eigenvalue weighted by atomic mass is 10.2. The van der Waals surface area contributed by atoms with Crippen LogP contribution in [0.15, 0.2) is 61.2 Å². The molecule has 0 saturated heterocycles. The molecule has 0 unspecified atom stereocenters. The van der Waals surface area contributed by atoms with Gasteiger partial charge in [-0.15, -0.1) is 0 Å². The Hall–Kier alpha value is -3.08. The molecular weight excluding hydrogens is 323 g/mol. The monoisotopic (exact) mass is 342 g/mol. The van der Waals surface area contributed by atoms with Crippen LogP contribution in [0.2, 0.25) is 0 Å². The minimum Gasteiger partial charge on any atom is -0.493 e. The predicted octanol–water partition coefficient (Wildman–Crippen LogP) is 4.16. The molecule has 0 atom stereocenters. The molecule has 2 aromatic carbocycles. The summed E-state index contributed by atoms with van der Waals surface area (Å²) in [6, 6.07) is 11.4. The van der Waals surface area contributed by atoms with Gasteiger partial charge in [-0.05, 0) is 41.5 Å². The maximum absolute atomic E-state index is 12.9. The molecule has 0 aliphatic rings. The lowest BCUT2D eigenvalue weighted by Gasteiger charge is -2.11. The molecule has 25 heavy (non-hydrogen) atoms. The highest BCUT2D eigenvalue weighted by Gasteiger charge is 2.06. The van der Waals surface area contributed by atoms with Gasteiger partial charge in [0.2, 0.25) is 0 Å². The smallest absolute Gasteiger partial charge is 0.331 e. The Kier molecular flexibility index (Phi) is 6.77. The van der Waals surface area contributed by atoms with Crippen molar-refractivity contribution in [2.24, 2.45) is 0 Å². The maximum Gasteiger partial charge on any atom is 0.331 e. The fourth-order valence-electron chi connectivity index (χ4n) is 2.00. The van der Waals surface area contributed by atoms with E-state index in [1.807, 2.05) is 0 Å². The third-order valence-corrected chi connectivity index (χ3v) is 3.25. The number of benzene rings is 2. The van der Waals surface area contributed by atoms with E-state index in [2.05, 4.69) is 6.58 Å². The fourth-order valence-corrected chi connectivity index (χ4v) is 2.00. The Labute approximate surface area is 146 Å². The van der Waals surface area contributed by atoms with Crippen molar-refractivity contribution >= 4 is 12.0 Å². The second kappa shape index (κ2) is 9.27. The van der Waals surface area contributed by atoms with Crippen molar-refractivity contribution in [3.63, 3.8) is 0 Å². The van der Waals surface area contributed by atoms with E-state index in [0.717, 1.165) is 11.1 Å². The number of rotatable bonds is 8. The zero-order chi connectivity index (χ0) is 18.1. The van der Waals surface area contributed by atoms with E-state index in [9.17, 15) is 9.18 Å². The fraction of sp³-hybridized carbons (Fsp3) is 0.150. The van der Waals surface area contributed by atoms with Crippen LogP contribution in [0.25, 0.3) is 6.08 Å². The van der Waals surface area contributed by atoms with Gasteiger partial charge in [-0.2, -0.15) is 0 Å². The first-order valence-corrected chi connectivity index (χ1v) is 7.63. The Morgan fingerprint density at radius 3 is 2.60 bits per heavy atom. The molecule has 5 heteroatoms. The molecule has 130 valence electrons. The number of halogens is 1. The Bertz CT molecular complexity index is 751. The minimum absolute atomic E-state index is 0.165. The molecule has 0 aliphatic carbocycles. The molecule has 2 rings (SSSR count). The third-order valence-electron chi connectivity index (χ3n) is 3.25. The van der Waals surface area contributed by atoms with E-state index in [1.54, 1.807) is 43.5 Å². The first kappa shape index (κ1) is 18.3. The quantitative estimate of drug-likeness (QED) is 0.411. The summed E-state index contributed by atoms with van der Waals surface area (Å²) >= 11 is 0. The van der Waals surface area contributed by atoms with Crippen molar-refractivity contribution in [2.45, 2.75) is 6.61 Å². The molecule has 0 radical (unpaired) electrons. The van der Waals surface area contributed by atoms with Crippen molar-refractivity contribution in [1.29, 1.82) is 0 Å². The molecule has 0 aliphatic heterocycles. The zero-order valence-electron chi connectivity index (χ0n) is 13.9. The van der Waals surface area contributed by atoms with Crippen LogP contribution in [0.4, 0.5) is 4.39 Å². The van der Waals surface area contributed by atoms with E-state index in [1.165, 1.54) is 24.3 Å². The molecule has 0 spiro atoms. The zero-order valence-corrected chi connectivity index (χ0v) is 13.9. The first-order valence-electron chi connectivity index (χ1n) is 7.63. The molecule has 0 saturated carbocycles. The van der Waals surface area contributed by atoms with Crippen molar-refractivity contribution < 1.29 is 23.4 Å². The van der Waals surface area contributed by atoms with Gasteiger partial charge < -0.3 is 14.2 Å². The normalized spacial score (nSPS) is 10.5. The van der Waals surface area contributed by atoms with Gasteiger partial charge in [0.05, 0.1) is 7.11 Å². The summed E-state index contributed by atoms with van der Waals surface area (Å²) in [5.74, 6) is 0.336. The van der Waals surface area contributed by atoms with Gasteiger partial charge in [-0.3, -0.25) is 0 Å². The highest BCUT2D eigenvalue weighted by molar-refractivity contribution is 5.87. The van der Waals surface area contributed by atoms with E-state index >= 15 is 0 Å². The van der Waals surface area contributed by atoms with Crippen LogP contribution in [0.5, 0.6) is 11.5 Å². The summed E-state index contributed by atoms with van der Waals surface area (Å²) < 4.78 is 28.8. The predicted molar refractivity (Wildman–Crippen MR) is 93.9 cm³/mol. The van der Waals surface area contributed by atoms with Crippen molar-refractivity contribution in [1.82, 2.24) is 0 Å². The van der Waals surface area contributed by atoms with Crippen molar-refractivity contribution in [2.75, 3.05) is 13.7 Å². The number of ether oxygens (including phenoxy) is 3. The lowest BCUT2D eigenvalue weighted by Crippen LogP contribution is -2.00. The van der Waals surface area contributed by atoms with Crippen LogP contribution >= 0.6 is 0 Å². The van der Waals surface area contributed by atoms with Gasteiger partial charge in [0, 0.05) is 6.08 Å². The number of carbonyl (C=O) groups is 1. The van der Waals surface area contributed by atoms with Gasteiger partial charge in [-0.1, -0.05) is 30.9 Å². The largest absolute Gasteiger partial charge is 0.493 e. The average Bonchev–Trinajstić information content (AvgIpc) is 2.64. The van der Waals surface area contributed by atoms with Gasteiger partial charge >= 0.3 is 5.97 Å². The van der Waals surface area contributed by atoms with Gasteiger partial charge in [0.15, 0.2) is 11.5 Å². The number of hydrogen-bond donors (Lipinski definition) is 0. The number of carbonyl (C=O) groups excluding carboxylic acids is 1. The maximum atomic E-state index is 12.9. The number of hydrogen-bond acceptors (Lipinski definition) is 4. The minimum atomic E-state index is -0.454. The Morgan fingerprint density at radius 1 is 1.16 bits per heavy atom. The molecule has 2 aromatic rings. The summed E-state index contributed by atoms with van der Waals surface area (Å²) in [5.41, 5.74) is 1.59. The SMILES string of the molecule is C=CCOC(=O)/C=C/c1ccc(OC)c(OCc2ccc(F)cc2)c1. The standard InChI is InChI=1S/C20H19FO4/c1-3-12-24-20(22)11-7-15-6-10-18(23-2)19(13-15)25-14-16-4-8-17(21)9-5-16/h3-11,13H,1,12,14H2,2H3/b11-7+. The Balaban J connectivity index is 2.08. The van der Waals surface area contributed by atoms with Gasteiger partial charge in [0.1, 0.15) is 19.0 Å². The van der Waals surface area contributed by atoms with Crippen LogP contribution < -0.4 is 9.47 Å². The van der Waals surface area contributed by atoms with Crippen LogP contribution in [0.3, 0.4) is 0 Å². The van der Waals surface area contributed by atoms with Gasteiger partial charge in [-0.25, -0.2) is 9.18 Å². The summed E-state index contributed by atoms with van der Waals surface area (Å²) in [6.07, 6.45) is 4.45. The molecule has 0 fully saturated rings. The second-order valence-corrected chi connectivity index (χ2v) is 5.08. The molecule has 0 bridgehead atoms. The molecule has 4 nitrogen and oxygen atoms in total. The van der Waals surface area contributed by atoms with Crippen LogP contribution in [-0.4, -0.2) is 19.7 Å². The summed E-state index contributed by atoms with van der Waals surface area (Å²) in [5, 5.41) is 0. The molecule has 0 amide bonds. The number of esters is 1. The molecule has 0 N–H and O–H groups in total. The molecule has 0 aromatic heterocycles. The highest BCUT2D eigenvalue weighted by atomic mass is 19.1. The average molecular weight is 342 g/mol. The molecule has 0 heterocycles. The summed E-state index contributed by atoms with van der Waals surface area (Å²) in [6.45, 7) is 3.91. The topological polar surface area (TPSA) is 44.8 Å². The number of methoxy groups -OCH3 is 1. The van der Waals surface area contributed by atoms with E-state index in [-0.39, 0.29) is 19.0 Å². The third kappa shape index (κ3) is 5.80. The second-order valence-electron chi connectivity index (χ2n) is 5.08. The van der Waals surface area contributed by atoms with Crippen LogP contribution in [-0.2, 0) is 16.1 Å². The van der Waals surface area contributed by atoms with E-state index in [0.29, 0.717) is 11.5 Å². The summed E-state index contributed by atoms with van der Waals surface area (Å²) in [7, 11) is 1.54. The first-order chi connectivity index (χ1) is 12.1. The van der Waals surface area contributed by atoms with Gasteiger partial charge in [0.25, 0.3) is 0 Å².